The summed E-state index contributed by atoms with van der Waals surface area (Å²) in [6.07, 6.45) is 3.32. The highest BCUT2D eigenvalue weighted by atomic mass is 16.4. The zero-order valence-corrected chi connectivity index (χ0v) is 13.5. The van der Waals surface area contributed by atoms with Crippen molar-refractivity contribution in [2.24, 2.45) is 0 Å². The lowest BCUT2D eigenvalue weighted by molar-refractivity contribution is 0.0950. The van der Waals surface area contributed by atoms with Crippen molar-refractivity contribution in [2.45, 2.75) is 25.3 Å². The van der Waals surface area contributed by atoms with Gasteiger partial charge >= 0.3 is 13.1 Å². The number of benzene rings is 1. The molecule has 2 aliphatic rings. The van der Waals surface area contributed by atoms with Gasteiger partial charge in [0, 0.05) is 31.7 Å². The van der Waals surface area contributed by atoms with E-state index >= 15 is 0 Å². The number of urea groups is 1. The van der Waals surface area contributed by atoms with Crippen LogP contribution >= 0.6 is 0 Å². The standard InChI is InChI=1S/C16H22BN3O4/c21-15(12-4-6-13(7-5-12)17(23)24)18-8-10-19-11-14-3-1-2-9-20(14)16(19)22/h4-7,14,23-24H,1-3,8-11H2,(H,18,21). The van der Waals surface area contributed by atoms with E-state index in [1.807, 2.05) is 9.80 Å². The zero-order chi connectivity index (χ0) is 17.1. The van der Waals surface area contributed by atoms with Crippen molar-refractivity contribution >= 4 is 24.5 Å². The number of carbonyl (C=O) groups excluding carboxylic acids is 2. The summed E-state index contributed by atoms with van der Waals surface area (Å²) >= 11 is 0. The molecule has 1 aromatic carbocycles. The topological polar surface area (TPSA) is 93.1 Å². The number of piperidine rings is 1. The number of amides is 3. The summed E-state index contributed by atoms with van der Waals surface area (Å²) in [6.45, 7) is 2.49. The van der Waals surface area contributed by atoms with Gasteiger partial charge in [0.25, 0.3) is 5.91 Å². The van der Waals surface area contributed by atoms with Crippen molar-refractivity contribution in [3.63, 3.8) is 0 Å². The van der Waals surface area contributed by atoms with Crippen molar-refractivity contribution in [2.75, 3.05) is 26.2 Å². The van der Waals surface area contributed by atoms with Gasteiger partial charge in [0.15, 0.2) is 0 Å². The predicted octanol–water partition coefficient (Wildman–Crippen LogP) is -0.614. The molecular formula is C16H22BN3O4. The number of carbonyl (C=O) groups is 2. The van der Waals surface area contributed by atoms with Crippen LogP contribution in [-0.2, 0) is 0 Å². The summed E-state index contributed by atoms with van der Waals surface area (Å²) in [7, 11) is -1.54. The summed E-state index contributed by atoms with van der Waals surface area (Å²) in [4.78, 5) is 28.1. The maximum absolute atomic E-state index is 12.3. The number of nitrogens with one attached hydrogen (secondary N) is 1. The lowest BCUT2D eigenvalue weighted by atomic mass is 9.80. The third kappa shape index (κ3) is 3.54. The Morgan fingerprint density at radius 3 is 2.67 bits per heavy atom. The molecule has 3 rings (SSSR count). The van der Waals surface area contributed by atoms with Crippen LogP contribution in [0.4, 0.5) is 4.79 Å². The maximum Gasteiger partial charge on any atom is 0.488 e. The fourth-order valence-electron chi connectivity index (χ4n) is 3.36. The first-order valence-electron chi connectivity index (χ1n) is 8.36. The van der Waals surface area contributed by atoms with Gasteiger partial charge in [-0.25, -0.2) is 4.79 Å². The van der Waals surface area contributed by atoms with Gasteiger partial charge in [-0.3, -0.25) is 4.79 Å². The van der Waals surface area contributed by atoms with Crippen LogP contribution in [0.5, 0.6) is 0 Å². The second-order valence-corrected chi connectivity index (χ2v) is 6.32. The molecule has 0 saturated carbocycles. The maximum atomic E-state index is 12.3. The molecule has 0 radical (unpaired) electrons. The average molecular weight is 331 g/mol. The summed E-state index contributed by atoms with van der Waals surface area (Å²) in [5.74, 6) is -0.238. The van der Waals surface area contributed by atoms with Gasteiger partial charge in [0.05, 0.1) is 6.04 Å². The summed E-state index contributed by atoms with van der Waals surface area (Å²) < 4.78 is 0. The molecule has 3 N–H and O–H groups in total. The van der Waals surface area contributed by atoms with Crippen molar-refractivity contribution in [1.29, 1.82) is 0 Å². The van der Waals surface area contributed by atoms with Crippen LogP contribution in [0.3, 0.4) is 0 Å². The third-order valence-electron chi connectivity index (χ3n) is 4.71. The summed E-state index contributed by atoms with van der Waals surface area (Å²) in [5.41, 5.74) is 0.787. The molecule has 24 heavy (non-hydrogen) atoms. The molecule has 3 amide bonds. The van der Waals surface area contributed by atoms with Gasteiger partial charge in [-0.05, 0) is 36.9 Å². The van der Waals surface area contributed by atoms with Gasteiger partial charge in [0.2, 0.25) is 0 Å². The highest BCUT2D eigenvalue weighted by Gasteiger charge is 2.37. The van der Waals surface area contributed by atoms with Crippen molar-refractivity contribution in [3.05, 3.63) is 29.8 Å². The second kappa shape index (κ2) is 7.23. The van der Waals surface area contributed by atoms with E-state index < -0.39 is 7.12 Å². The highest BCUT2D eigenvalue weighted by molar-refractivity contribution is 6.58. The molecule has 8 heteroatoms. The molecule has 2 aliphatic heterocycles. The van der Waals surface area contributed by atoms with Gasteiger partial charge in [-0.1, -0.05) is 12.1 Å². The largest absolute Gasteiger partial charge is 0.488 e. The third-order valence-corrected chi connectivity index (χ3v) is 4.71. The first-order valence-corrected chi connectivity index (χ1v) is 8.36. The number of nitrogens with zero attached hydrogens (tertiary/aromatic N) is 2. The van der Waals surface area contributed by atoms with Gasteiger partial charge < -0.3 is 25.2 Å². The molecule has 1 unspecified atom stereocenters. The molecule has 2 heterocycles. The van der Waals surface area contributed by atoms with Gasteiger partial charge in [-0.2, -0.15) is 0 Å². The van der Waals surface area contributed by atoms with Crippen molar-refractivity contribution < 1.29 is 19.6 Å². The number of hydrogen-bond acceptors (Lipinski definition) is 4. The Bertz CT molecular complexity index is 608. The molecule has 128 valence electrons. The van der Waals surface area contributed by atoms with E-state index in [9.17, 15) is 9.59 Å². The van der Waals surface area contributed by atoms with Gasteiger partial charge in [-0.15, -0.1) is 0 Å². The van der Waals surface area contributed by atoms with Gasteiger partial charge in [0.1, 0.15) is 0 Å². The van der Waals surface area contributed by atoms with Crippen molar-refractivity contribution in [3.8, 4) is 0 Å². The smallest absolute Gasteiger partial charge is 0.423 e. The molecule has 0 aliphatic carbocycles. The van der Waals surface area contributed by atoms with E-state index in [2.05, 4.69) is 5.32 Å². The minimum Gasteiger partial charge on any atom is -0.423 e. The Kier molecular flexibility index (Phi) is 5.06. The van der Waals surface area contributed by atoms with E-state index in [0.29, 0.717) is 30.2 Å². The van der Waals surface area contributed by atoms with E-state index in [4.69, 9.17) is 10.0 Å². The van der Waals surface area contributed by atoms with E-state index in [0.717, 1.165) is 25.9 Å². The predicted molar refractivity (Wildman–Crippen MR) is 89.9 cm³/mol. The van der Waals surface area contributed by atoms with Crippen LogP contribution in [0.25, 0.3) is 0 Å². The molecular weight excluding hydrogens is 309 g/mol. The SMILES string of the molecule is O=C(NCCN1CC2CCCCN2C1=O)c1ccc(B(O)O)cc1. The normalized spacial score (nSPS) is 20.1. The minimum atomic E-state index is -1.54. The van der Waals surface area contributed by atoms with Crippen LogP contribution in [0.15, 0.2) is 24.3 Å². The van der Waals surface area contributed by atoms with Crippen LogP contribution in [0, 0.1) is 0 Å². The monoisotopic (exact) mass is 331 g/mol. The number of hydrogen-bond donors (Lipinski definition) is 3. The first kappa shape index (κ1) is 16.8. The van der Waals surface area contributed by atoms with Crippen LogP contribution in [0.2, 0.25) is 0 Å². The molecule has 1 aromatic rings. The van der Waals surface area contributed by atoms with E-state index in [1.165, 1.54) is 18.6 Å². The lowest BCUT2D eigenvalue weighted by Crippen LogP contribution is -2.39. The van der Waals surface area contributed by atoms with Crippen LogP contribution in [0.1, 0.15) is 29.6 Å². The zero-order valence-electron chi connectivity index (χ0n) is 13.5. The number of fused-ring (bicyclic) bond motifs is 1. The van der Waals surface area contributed by atoms with E-state index in [1.54, 1.807) is 12.1 Å². The summed E-state index contributed by atoms with van der Waals surface area (Å²) in [5, 5.41) is 20.9. The minimum absolute atomic E-state index is 0.0789. The second-order valence-electron chi connectivity index (χ2n) is 6.32. The first-order chi connectivity index (χ1) is 11.6. The molecule has 7 nitrogen and oxygen atoms in total. The average Bonchev–Trinajstić information content (AvgIpc) is 2.91. The Morgan fingerprint density at radius 1 is 1.25 bits per heavy atom. The molecule has 0 bridgehead atoms. The van der Waals surface area contributed by atoms with Crippen molar-refractivity contribution in [1.82, 2.24) is 15.1 Å². The molecule has 2 fully saturated rings. The Balaban J connectivity index is 1.47. The number of rotatable bonds is 5. The Morgan fingerprint density at radius 2 is 2.00 bits per heavy atom. The quantitative estimate of drug-likeness (QED) is 0.628. The molecule has 0 spiro atoms. The van der Waals surface area contributed by atoms with E-state index in [-0.39, 0.29) is 11.9 Å². The fraction of sp³-hybridized carbons (Fsp3) is 0.500. The highest BCUT2D eigenvalue weighted by Crippen LogP contribution is 2.24. The lowest BCUT2D eigenvalue weighted by Gasteiger charge is -2.27. The fourth-order valence-corrected chi connectivity index (χ4v) is 3.36. The molecule has 2 saturated heterocycles. The van der Waals surface area contributed by atoms with Crippen LogP contribution < -0.4 is 10.8 Å². The molecule has 1 atom stereocenters. The van der Waals surface area contributed by atoms with Crippen LogP contribution in [-0.4, -0.2) is 71.1 Å². The Hall–Kier alpha value is -2.06. The summed E-state index contributed by atoms with van der Waals surface area (Å²) in [6, 6.07) is 6.51. The molecule has 0 aromatic heterocycles. The Labute approximate surface area is 141 Å².